The molecule has 0 heterocycles. The summed E-state index contributed by atoms with van der Waals surface area (Å²) in [7, 11) is 5.90. The molecule has 0 radical (unpaired) electrons. The van der Waals surface area contributed by atoms with Gasteiger partial charge in [-0.15, -0.1) is 5.11 Å². The molecule has 3 rings (SSSR count). The van der Waals surface area contributed by atoms with Crippen LogP contribution < -0.4 is 35.3 Å². The van der Waals surface area contributed by atoms with Gasteiger partial charge in [0, 0.05) is 30.7 Å². The topological polar surface area (TPSA) is 207 Å². The van der Waals surface area contributed by atoms with Crippen molar-refractivity contribution in [1.29, 1.82) is 5.53 Å². The SMILES string of the molecule is CCCC(CCCC(N)=O)/N=N/c1cc(OC)c(NC(=O)Nc2cc(OC)c(/N=N\c3cc(C)c(N=N)cc3C)cc2OC)cc1OC. The number of rotatable bonds is 17. The molecule has 1 unspecified atom stereocenters. The van der Waals surface area contributed by atoms with Gasteiger partial charge in [-0.25, -0.2) is 10.3 Å². The van der Waals surface area contributed by atoms with Crippen LogP contribution in [0.25, 0.3) is 0 Å². The van der Waals surface area contributed by atoms with Crippen molar-refractivity contribution < 1.29 is 28.5 Å². The second kappa shape index (κ2) is 17.9. The molecule has 0 aliphatic carbocycles. The van der Waals surface area contributed by atoms with E-state index in [-0.39, 0.29) is 11.9 Å². The Morgan fingerprint density at radius 1 is 0.729 bits per heavy atom. The van der Waals surface area contributed by atoms with Crippen LogP contribution in [0.1, 0.15) is 50.2 Å². The first-order valence-corrected chi connectivity index (χ1v) is 15.3. The van der Waals surface area contributed by atoms with Crippen molar-refractivity contribution in [3.8, 4) is 23.0 Å². The first kappa shape index (κ1) is 36.9. The Balaban J connectivity index is 1.83. The molecule has 0 fully saturated rings. The minimum absolute atomic E-state index is 0.0845. The Labute approximate surface area is 279 Å². The third-order valence-electron chi connectivity index (χ3n) is 7.31. The molecule has 0 aliphatic heterocycles. The first-order valence-electron chi connectivity index (χ1n) is 15.3. The summed E-state index contributed by atoms with van der Waals surface area (Å²) in [6.07, 6.45) is 3.30. The number of benzene rings is 3. The van der Waals surface area contributed by atoms with E-state index in [1.54, 1.807) is 36.4 Å². The Morgan fingerprint density at radius 2 is 1.23 bits per heavy atom. The summed E-state index contributed by atoms with van der Waals surface area (Å²) in [5.41, 5.74) is 16.8. The lowest BCUT2D eigenvalue weighted by Gasteiger charge is -2.16. The Morgan fingerprint density at radius 3 is 1.73 bits per heavy atom. The van der Waals surface area contributed by atoms with Crippen molar-refractivity contribution >= 4 is 46.1 Å². The fourth-order valence-corrected chi connectivity index (χ4v) is 4.76. The molecule has 256 valence electrons. The average Bonchev–Trinajstić information content (AvgIpc) is 3.07. The van der Waals surface area contributed by atoms with Gasteiger partial charge in [0.15, 0.2) is 0 Å². The number of azo groups is 2. The molecule has 15 heteroatoms. The molecular weight excluding hydrogens is 618 g/mol. The number of carbonyl (C=O) groups is 2. The molecule has 0 saturated carbocycles. The fraction of sp³-hybridized carbons (Fsp3) is 0.394. The summed E-state index contributed by atoms with van der Waals surface area (Å²) in [4.78, 5) is 24.3. The summed E-state index contributed by atoms with van der Waals surface area (Å²) >= 11 is 0. The number of nitrogens with one attached hydrogen (secondary N) is 3. The molecule has 0 aliphatic rings. The van der Waals surface area contributed by atoms with E-state index < -0.39 is 6.03 Å². The zero-order chi connectivity index (χ0) is 35.2. The molecule has 0 spiro atoms. The maximum absolute atomic E-state index is 13.2. The molecule has 0 bridgehead atoms. The van der Waals surface area contributed by atoms with E-state index in [0.29, 0.717) is 76.4 Å². The quantitative estimate of drug-likeness (QED) is 0.104. The van der Waals surface area contributed by atoms with Crippen molar-refractivity contribution in [2.75, 3.05) is 39.1 Å². The van der Waals surface area contributed by atoms with Crippen LogP contribution in [-0.4, -0.2) is 46.4 Å². The Bertz CT molecular complexity index is 1680. The van der Waals surface area contributed by atoms with Crippen molar-refractivity contribution in [3.05, 3.63) is 47.5 Å². The number of ether oxygens (including phenoxy) is 4. The second-order valence-electron chi connectivity index (χ2n) is 10.8. The number of nitrogens with two attached hydrogens (primary N) is 1. The number of carbonyl (C=O) groups excluding carboxylic acids is 2. The highest BCUT2D eigenvalue weighted by atomic mass is 16.5. The standard InChI is InChI=1S/C33H43N9O6/c1-8-10-21(11-9-12-32(34)43)39-41-26-17-28(45-4)24(15-30(26)47-6)36-33(44)37-25-16-31(48-7)27(18-29(25)46-5)42-40-23-14-19(2)22(38-35)13-20(23)3/h13-18,21,35H,8-12H2,1-7H3,(H2,34,43)(H2,36,37,44)/b38-35?,41-39+,42-40-. The van der Waals surface area contributed by atoms with E-state index >= 15 is 0 Å². The van der Waals surface area contributed by atoms with Gasteiger partial charge in [-0.3, -0.25) is 4.79 Å². The minimum atomic E-state index is -0.595. The molecule has 3 aromatic rings. The van der Waals surface area contributed by atoms with Crippen LogP contribution in [0.3, 0.4) is 0 Å². The third-order valence-corrected chi connectivity index (χ3v) is 7.31. The summed E-state index contributed by atoms with van der Waals surface area (Å²) in [6.45, 7) is 5.75. The molecule has 5 N–H and O–H groups in total. The van der Waals surface area contributed by atoms with Crippen LogP contribution in [0.15, 0.2) is 62.0 Å². The Hall–Kier alpha value is -5.60. The normalized spacial score (nSPS) is 11.7. The summed E-state index contributed by atoms with van der Waals surface area (Å²) in [5, 5.41) is 26.7. The lowest BCUT2D eigenvalue weighted by molar-refractivity contribution is -0.118. The fourth-order valence-electron chi connectivity index (χ4n) is 4.76. The van der Waals surface area contributed by atoms with Gasteiger partial charge < -0.3 is 35.3 Å². The van der Waals surface area contributed by atoms with Gasteiger partial charge >= 0.3 is 6.03 Å². The number of hydrogen-bond acceptors (Lipinski definition) is 12. The predicted molar refractivity (Wildman–Crippen MR) is 183 cm³/mol. The lowest BCUT2D eigenvalue weighted by Crippen LogP contribution is -2.20. The van der Waals surface area contributed by atoms with Gasteiger partial charge in [-0.1, -0.05) is 13.3 Å². The summed E-state index contributed by atoms with van der Waals surface area (Å²) in [5.74, 6) is 1.01. The zero-order valence-electron chi connectivity index (χ0n) is 28.3. The number of anilines is 2. The van der Waals surface area contributed by atoms with Crippen LogP contribution in [0.2, 0.25) is 0 Å². The highest BCUT2D eigenvalue weighted by Gasteiger charge is 2.18. The Kier molecular flexibility index (Phi) is 13.8. The van der Waals surface area contributed by atoms with E-state index in [4.69, 9.17) is 30.2 Å². The van der Waals surface area contributed by atoms with Crippen LogP contribution in [0.5, 0.6) is 23.0 Å². The maximum Gasteiger partial charge on any atom is 0.323 e. The maximum atomic E-state index is 13.2. The number of aryl methyl sites for hydroxylation is 2. The molecule has 48 heavy (non-hydrogen) atoms. The second-order valence-corrected chi connectivity index (χ2v) is 10.8. The zero-order valence-corrected chi connectivity index (χ0v) is 28.3. The highest BCUT2D eigenvalue weighted by molar-refractivity contribution is 6.02. The first-order chi connectivity index (χ1) is 23.1. The van der Waals surface area contributed by atoms with Crippen molar-refractivity contribution in [3.63, 3.8) is 0 Å². The largest absolute Gasteiger partial charge is 0.494 e. The average molecular weight is 662 g/mol. The van der Waals surface area contributed by atoms with Gasteiger partial charge in [0.25, 0.3) is 0 Å². The van der Waals surface area contributed by atoms with Crippen molar-refractivity contribution in [2.24, 2.45) is 31.3 Å². The van der Waals surface area contributed by atoms with Gasteiger partial charge in [-0.05, 0) is 56.4 Å². The van der Waals surface area contributed by atoms with Crippen LogP contribution >= 0.6 is 0 Å². The number of primary amides is 1. The van der Waals surface area contributed by atoms with Gasteiger partial charge in [0.05, 0.1) is 57.2 Å². The molecule has 0 aromatic heterocycles. The van der Waals surface area contributed by atoms with Crippen molar-refractivity contribution in [2.45, 2.75) is 58.9 Å². The molecule has 15 nitrogen and oxygen atoms in total. The molecule has 0 saturated heterocycles. The molecule has 3 aromatic carbocycles. The molecule has 1 atom stereocenters. The van der Waals surface area contributed by atoms with Gasteiger partial charge in [0.1, 0.15) is 34.4 Å². The van der Waals surface area contributed by atoms with E-state index in [1.807, 2.05) is 13.8 Å². The lowest BCUT2D eigenvalue weighted by atomic mass is 10.1. The van der Waals surface area contributed by atoms with E-state index in [2.05, 4.69) is 43.1 Å². The van der Waals surface area contributed by atoms with Crippen LogP contribution in [0, 0.1) is 19.4 Å². The van der Waals surface area contributed by atoms with E-state index in [0.717, 1.165) is 24.0 Å². The van der Waals surface area contributed by atoms with Gasteiger partial charge in [0.2, 0.25) is 5.91 Å². The number of amides is 3. The van der Waals surface area contributed by atoms with Crippen molar-refractivity contribution in [1.82, 2.24) is 0 Å². The predicted octanol–water partition coefficient (Wildman–Crippen LogP) is 8.97. The van der Waals surface area contributed by atoms with E-state index in [1.165, 1.54) is 28.4 Å². The van der Waals surface area contributed by atoms with E-state index in [9.17, 15) is 9.59 Å². The van der Waals surface area contributed by atoms with Crippen LogP contribution in [-0.2, 0) is 4.79 Å². The van der Waals surface area contributed by atoms with Gasteiger partial charge in [-0.2, -0.15) is 20.5 Å². The number of urea groups is 1. The monoisotopic (exact) mass is 661 g/mol. The smallest absolute Gasteiger partial charge is 0.323 e. The summed E-state index contributed by atoms with van der Waals surface area (Å²) < 4.78 is 22.1. The third kappa shape index (κ3) is 9.95. The minimum Gasteiger partial charge on any atom is -0.494 e. The number of hydrogen-bond donors (Lipinski definition) is 4. The number of methoxy groups -OCH3 is 4. The highest BCUT2D eigenvalue weighted by Crippen LogP contribution is 2.41. The number of nitrogens with zero attached hydrogens (tertiary/aromatic N) is 5. The van der Waals surface area contributed by atoms with Crippen LogP contribution in [0.4, 0.5) is 38.9 Å². The molecular formula is C33H43N9O6. The summed E-state index contributed by atoms with van der Waals surface area (Å²) in [6, 6.07) is 9.26. The molecule has 3 amide bonds.